The predicted octanol–water partition coefficient (Wildman–Crippen LogP) is 1.34. The van der Waals surface area contributed by atoms with Gasteiger partial charge in [-0.15, -0.1) is 0 Å². The van der Waals surface area contributed by atoms with Crippen LogP contribution < -0.4 is 5.32 Å². The Morgan fingerprint density at radius 3 is 2.64 bits per heavy atom. The Labute approximate surface area is 85.8 Å². The van der Waals surface area contributed by atoms with Gasteiger partial charge in [-0.05, 0) is 32.1 Å². The highest BCUT2D eigenvalue weighted by Crippen LogP contribution is 2.32. The molecule has 1 aliphatic heterocycles. The second-order valence-electron chi connectivity index (χ2n) is 5.00. The van der Waals surface area contributed by atoms with E-state index in [-0.39, 0.29) is 12.2 Å². The first-order valence-corrected chi connectivity index (χ1v) is 5.68. The van der Waals surface area contributed by atoms with Crippen LogP contribution in [0.1, 0.15) is 40.0 Å². The molecule has 0 bridgehead atoms. The van der Waals surface area contributed by atoms with E-state index >= 15 is 0 Å². The van der Waals surface area contributed by atoms with E-state index in [2.05, 4.69) is 26.1 Å². The van der Waals surface area contributed by atoms with Crippen molar-refractivity contribution in [3.63, 3.8) is 0 Å². The molecule has 2 aliphatic rings. The van der Waals surface area contributed by atoms with Gasteiger partial charge in [0, 0.05) is 6.04 Å². The maximum Gasteiger partial charge on any atom is 0.241 e. The van der Waals surface area contributed by atoms with Gasteiger partial charge in [0.25, 0.3) is 0 Å². The van der Waals surface area contributed by atoms with E-state index in [4.69, 9.17) is 0 Å². The van der Waals surface area contributed by atoms with Crippen molar-refractivity contribution in [2.45, 2.75) is 58.3 Å². The standard InChI is InChI=1S/C11H20N2O/c1-7(2)6-10-11(14)13(8(3)12-10)9-4-5-9/h7-10,12H,4-6H2,1-3H3. The molecule has 0 aromatic heterocycles. The Morgan fingerprint density at radius 1 is 1.50 bits per heavy atom. The molecule has 14 heavy (non-hydrogen) atoms. The molecule has 1 saturated heterocycles. The monoisotopic (exact) mass is 196 g/mol. The van der Waals surface area contributed by atoms with E-state index in [0.29, 0.717) is 17.9 Å². The highest BCUT2D eigenvalue weighted by Gasteiger charge is 2.44. The van der Waals surface area contributed by atoms with Crippen LogP contribution in [0.4, 0.5) is 0 Å². The van der Waals surface area contributed by atoms with Crippen LogP contribution in [-0.4, -0.2) is 29.1 Å². The number of hydrogen-bond acceptors (Lipinski definition) is 2. The Morgan fingerprint density at radius 2 is 2.14 bits per heavy atom. The fraction of sp³-hybridized carbons (Fsp3) is 0.909. The molecular weight excluding hydrogens is 176 g/mol. The SMILES string of the molecule is CC(C)CC1NC(C)N(C2CC2)C1=O. The maximum atomic E-state index is 12.0. The van der Waals surface area contributed by atoms with Crippen molar-refractivity contribution < 1.29 is 4.79 Å². The molecular formula is C11H20N2O. The Bertz CT molecular complexity index is 235. The molecule has 2 atom stereocenters. The highest BCUT2D eigenvalue weighted by molar-refractivity contribution is 5.84. The molecule has 1 heterocycles. The second kappa shape index (κ2) is 3.54. The lowest BCUT2D eigenvalue weighted by Gasteiger charge is -2.19. The first-order chi connectivity index (χ1) is 6.59. The predicted molar refractivity (Wildman–Crippen MR) is 55.7 cm³/mol. The van der Waals surface area contributed by atoms with Crippen LogP contribution in [0.5, 0.6) is 0 Å². The smallest absolute Gasteiger partial charge is 0.241 e. The summed E-state index contributed by atoms with van der Waals surface area (Å²) >= 11 is 0. The minimum absolute atomic E-state index is 0.0746. The number of nitrogens with one attached hydrogen (secondary N) is 1. The molecule has 2 rings (SSSR count). The molecule has 0 spiro atoms. The summed E-state index contributed by atoms with van der Waals surface area (Å²) < 4.78 is 0. The normalized spacial score (nSPS) is 33.1. The van der Waals surface area contributed by atoms with Crippen LogP contribution >= 0.6 is 0 Å². The van der Waals surface area contributed by atoms with Crippen molar-refractivity contribution in [3.8, 4) is 0 Å². The van der Waals surface area contributed by atoms with Crippen LogP contribution in [0.15, 0.2) is 0 Å². The number of hydrogen-bond donors (Lipinski definition) is 1. The lowest BCUT2D eigenvalue weighted by molar-refractivity contribution is -0.130. The van der Waals surface area contributed by atoms with Gasteiger partial charge in [0.15, 0.2) is 0 Å². The summed E-state index contributed by atoms with van der Waals surface area (Å²) in [6.07, 6.45) is 3.61. The molecule has 0 aromatic carbocycles. The van der Waals surface area contributed by atoms with Gasteiger partial charge in [0.1, 0.15) is 0 Å². The molecule has 2 fully saturated rings. The minimum atomic E-state index is 0.0746. The maximum absolute atomic E-state index is 12.0. The fourth-order valence-corrected chi connectivity index (χ4v) is 2.30. The molecule has 1 saturated carbocycles. The summed E-state index contributed by atoms with van der Waals surface area (Å²) in [7, 11) is 0. The third kappa shape index (κ3) is 1.78. The van der Waals surface area contributed by atoms with Crippen LogP contribution in [-0.2, 0) is 4.79 Å². The molecule has 2 unspecified atom stereocenters. The molecule has 3 nitrogen and oxygen atoms in total. The van der Waals surface area contributed by atoms with Gasteiger partial charge in [-0.1, -0.05) is 13.8 Å². The molecule has 1 aliphatic carbocycles. The minimum Gasteiger partial charge on any atom is -0.323 e. The van der Waals surface area contributed by atoms with Crippen LogP contribution in [0.2, 0.25) is 0 Å². The molecule has 1 amide bonds. The van der Waals surface area contributed by atoms with Crippen molar-refractivity contribution >= 4 is 5.91 Å². The Balaban J connectivity index is 1.99. The van der Waals surface area contributed by atoms with Crippen molar-refractivity contribution in [3.05, 3.63) is 0 Å². The van der Waals surface area contributed by atoms with E-state index in [9.17, 15) is 4.79 Å². The summed E-state index contributed by atoms with van der Waals surface area (Å²) in [5, 5.41) is 3.38. The van der Waals surface area contributed by atoms with Crippen LogP contribution in [0.25, 0.3) is 0 Å². The zero-order valence-electron chi connectivity index (χ0n) is 9.29. The number of carbonyl (C=O) groups is 1. The molecule has 0 radical (unpaired) electrons. The second-order valence-corrected chi connectivity index (χ2v) is 5.00. The Hall–Kier alpha value is -0.570. The van der Waals surface area contributed by atoms with Crippen molar-refractivity contribution in [2.75, 3.05) is 0 Å². The number of nitrogens with zero attached hydrogens (tertiary/aromatic N) is 1. The van der Waals surface area contributed by atoms with E-state index in [1.807, 2.05) is 4.90 Å². The van der Waals surface area contributed by atoms with Gasteiger partial charge in [-0.25, -0.2) is 0 Å². The zero-order chi connectivity index (χ0) is 10.3. The quantitative estimate of drug-likeness (QED) is 0.739. The highest BCUT2D eigenvalue weighted by atomic mass is 16.2. The topological polar surface area (TPSA) is 32.3 Å². The molecule has 3 heteroatoms. The lowest BCUT2D eigenvalue weighted by Crippen LogP contribution is -2.36. The molecule has 1 N–H and O–H groups in total. The summed E-state index contributed by atoms with van der Waals surface area (Å²) in [5.74, 6) is 0.913. The number of rotatable bonds is 3. The van der Waals surface area contributed by atoms with Crippen molar-refractivity contribution in [2.24, 2.45) is 5.92 Å². The average molecular weight is 196 g/mol. The number of amides is 1. The molecule has 0 aromatic rings. The fourth-order valence-electron chi connectivity index (χ4n) is 2.30. The van der Waals surface area contributed by atoms with Gasteiger partial charge in [-0.3, -0.25) is 10.1 Å². The average Bonchev–Trinajstić information content (AvgIpc) is 2.82. The van der Waals surface area contributed by atoms with Gasteiger partial charge < -0.3 is 4.90 Å². The van der Waals surface area contributed by atoms with Gasteiger partial charge >= 0.3 is 0 Å². The van der Waals surface area contributed by atoms with Gasteiger partial charge in [0.05, 0.1) is 12.2 Å². The zero-order valence-corrected chi connectivity index (χ0v) is 9.29. The summed E-state index contributed by atoms with van der Waals surface area (Å²) in [5.41, 5.74) is 0. The Kier molecular flexibility index (Phi) is 2.52. The summed E-state index contributed by atoms with van der Waals surface area (Å²) in [6.45, 7) is 6.43. The van der Waals surface area contributed by atoms with Crippen LogP contribution in [0, 0.1) is 5.92 Å². The first-order valence-electron chi connectivity index (χ1n) is 5.68. The largest absolute Gasteiger partial charge is 0.323 e. The van der Waals surface area contributed by atoms with Crippen LogP contribution in [0.3, 0.4) is 0 Å². The van der Waals surface area contributed by atoms with Gasteiger partial charge in [0.2, 0.25) is 5.91 Å². The third-order valence-corrected chi connectivity index (χ3v) is 3.06. The summed E-state index contributed by atoms with van der Waals surface area (Å²) in [6, 6.07) is 0.618. The van der Waals surface area contributed by atoms with E-state index in [1.165, 1.54) is 12.8 Å². The lowest BCUT2D eigenvalue weighted by atomic mass is 10.0. The van der Waals surface area contributed by atoms with Gasteiger partial charge in [-0.2, -0.15) is 0 Å². The summed E-state index contributed by atoms with van der Waals surface area (Å²) in [4.78, 5) is 14.0. The van der Waals surface area contributed by atoms with Crippen molar-refractivity contribution in [1.82, 2.24) is 10.2 Å². The third-order valence-electron chi connectivity index (χ3n) is 3.06. The van der Waals surface area contributed by atoms with E-state index < -0.39 is 0 Å². The first kappa shape index (κ1) is 9.97. The number of carbonyl (C=O) groups excluding carboxylic acids is 1. The van der Waals surface area contributed by atoms with Crippen molar-refractivity contribution in [1.29, 1.82) is 0 Å². The molecule has 80 valence electrons. The van der Waals surface area contributed by atoms with E-state index in [1.54, 1.807) is 0 Å². The van der Waals surface area contributed by atoms with E-state index in [0.717, 1.165) is 6.42 Å².